The van der Waals surface area contributed by atoms with Crippen molar-refractivity contribution in [2.24, 2.45) is 17.6 Å². The van der Waals surface area contributed by atoms with Crippen LogP contribution in [0.2, 0.25) is 0 Å². The van der Waals surface area contributed by atoms with Gasteiger partial charge in [-0.05, 0) is 49.1 Å². The van der Waals surface area contributed by atoms with Gasteiger partial charge in [-0.1, -0.05) is 24.6 Å². The number of aromatic nitrogens is 1. The first-order valence-corrected chi connectivity index (χ1v) is 8.31. The lowest BCUT2D eigenvalue weighted by Gasteiger charge is -2.24. The molecule has 4 rings (SSSR count). The number of hydrogen-bond acceptors (Lipinski definition) is 2. The zero-order valence-electron chi connectivity index (χ0n) is 12.7. The molecule has 0 spiro atoms. The number of nitrogens with two attached hydrogens (primary N) is 1. The molecular weight excluding hydrogens is 274 g/mol. The van der Waals surface area contributed by atoms with E-state index < -0.39 is 6.04 Å². The molecule has 2 bridgehead atoms. The standard InChI is InChI=1S/C18H23N3O/c19-15(9-13-10-20-16-4-2-1-3-14(13)16)18(22)21-17-8-11-5-6-12(17)7-11/h1-4,10-12,15,17,20H,5-9,19H2,(H,21,22)/t11?,12?,15-,17?/m0/s1. The Morgan fingerprint density at radius 3 is 2.95 bits per heavy atom. The van der Waals surface area contributed by atoms with Gasteiger partial charge in [0.15, 0.2) is 0 Å². The number of aromatic amines is 1. The molecule has 0 saturated heterocycles. The number of carbonyl (C=O) groups is 1. The molecule has 4 N–H and O–H groups in total. The predicted molar refractivity (Wildman–Crippen MR) is 87.4 cm³/mol. The minimum atomic E-state index is -0.474. The largest absolute Gasteiger partial charge is 0.361 e. The SMILES string of the molecule is N[C@@H](Cc1c[nH]c2ccccc12)C(=O)NC1CC2CCC1C2. The lowest BCUT2D eigenvalue weighted by molar-refractivity contribution is -0.123. The molecule has 1 aromatic carbocycles. The first-order chi connectivity index (χ1) is 10.7. The Hall–Kier alpha value is -1.81. The summed E-state index contributed by atoms with van der Waals surface area (Å²) in [5, 5.41) is 4.35. The van der Waals surface area contributed by atoms with E-state index in [4.69, 9.17) is 5.73 Å². The van der Waals surface area contributed by atoms with Gasteiger partial charge in [0, 0.05) is 23.1 Å². The van der Waals surface area contributed by atoms with Crippen LogP contribution in [0.25, 0.3) is 10.9 Å². The highest BCUT2D eigenvalue weighted by Gasteiger charge is 2.40. The van der Waals surface area contributed by atoms with E-state index >= 15 is 0 Å². The van der Waals surface area contributed by atoms with Gasteiger partial charge in [-0.2, -0.15) is 0 Å². The third-order valence-electron chi connectivity index (χ3n) is 5.52. The van der Waals surface area contributed by atoms with Gasteiger partial charge in [-0.3, -0.25) is 4.79 Å². The number of nitrogens with one attached hydrogen (secondary N) is 2. The summed E-state index contributed by atoms with van der Waals surface area (Å²) in [4.78, 5) is 15.6. The van der Waals surface area contributed by atoms with Crippen molar-refractivity contribution in [3.8, 4) is 0 Å². The normalized spacial score (nSPS) is 28.1. The Kier molecular flexibility index (Phi) is 3.41. The molecule has 2 fully saturated rings. The Labute approximate surface area is 130 Å². The number of rotatable bonds is 4. The van der Waals surface area contributed by atoms with Gasteiger partial charge in [-0.15, -0.1) is 0 Å². The van der Waals surface area contributed by atoms with E-state index in [1.807, 2.05) is 24.4 Å². The lowest BCUT2D eigenvalue weighted by atomic mass is 9.95. The van der Waals surface area contributed by atoms with Crippen LogP contribution in [0.1, 0.15) is 31.2 Å². The van der Waals surface area contributed by atoms with Crippen LogP contribution in [0.5, 0.6) is 0 Å². The number of H-pyrrole nitrogens is 1. The molecule has 4 nitrogen and oxygen atoms in total. The minimum Gasteiger partial charge on any atom is -0.361 e. The van der Waals surface area contributed by atoms with Crippen molar-refractivity contribution in [1.82, 2.24) is 10.3 Å². The maximum Gasteiger partial charge on any atom is 0.237 e. The maximum absolute atomic E-state index is 12.4. The van der Waals surface area contributed by atoms with Crippen LogP contribution in [0.4, 0.5) is 0 Å². The third-order valence-corrected chi connectivity index (χ3v) is 5.52. The molecule has 2 saturated carbocycles. The average Bonchev–Trinajstić information content (AvgIpc) is 3.23. The fraction of sp³-hybridized carbons (Fsp3) is 0.500. The van der Waals surface area contributed by atoms with E-state index in [1.54, 1.807) is 0 Å². The molecule has 0 radical (unpaired) electrons. The fourth-order valence-corrected chi connectivity index (χ4v) is 4.34. The van der Waals surface area contributed by atoms with Gasteiger partial charge in [0.1, 0.15) is 0 Å². The van der Waals surface area contributed by atoms with Crippen molar-refractivity contribution in [3.05, 3.63) is 36.0 Å². The summed E-state index contributed by atoms with van der Waals surface area (Å²) in [5.74, 6) is 1.53. The van der Waals surface area contributed by atoms with Crippen molar-refractivity contribution in [1.29, 1.82) is 0 Å². The summed E-state index contributed by atoms with van der Waals surface area (Å²) in [6, 6.07) is 8.02. The molecule has 1 aromatic heterocycles. The highest BCUT2D eigenvalue weighted by Crippen LogP contribution is 2.44. The predicted octanol–water partition coefficient (Wildman–Crippen LogP) is 2.34. The maximum atomic E-state index is 12.4. The third kappa shape index (κ3) is 2.41. The van der Waals surface area contributed by atoms with Crippen LogP contribution in [0.3, 0.4) is 0 Å². The second-order valence-corrected chi connectivity index (χ2v) is 6.96. The number of hydrogen-bond donors (Lipinski definition) is 3. The van der Waals surface area contributed by atoms with Gasteiger partial charge in [0.2, 0.25) is 5.91 Å². The minimum absolute atomic E-state index is 0.00262. The van der Waals surface area contributed by atoms with Crippen molar-refractivity contribution in [2.45, 2.75) is 44.2 Å². The van der Waals surface area contributed by atoms with Crippen molar-refractivity contribution in [3.63, 3.8) is 0 Å². The van der Waals surface area contributed by atoms with Gasteiger partial charge < -0.3 is 16.0 Å². The van der Waals surface area contributed by atoms with E-state index in [0.717, 1.165) is 28.8 Å². The zero-order chi connectivity index (χ0) is 15.1. The Balaban J connectivity index is 1.41. The van der Waals surface area contributed by atoms with E-state index in [0.29, 0.717) is 18.4 Å². The molecule has 2 aromatic rings. The summed E-state index contributed by atoms with van der Waals surface area (Å²) in [5.41, 5.74) is 8.36. The molecule has 2 aliphatic carbocycles. The Bertz CT molecular complexity index is 692. The molecule has 116 valence electrons. The number of para-hydroxylation sites is 1. The topological polar surface area (TPSA) is 70.9 Å². The van der Waals surface area contributed by atoms with Crippen LogP contribution in [-0.2, 0) is 11.2 Å². The molecule has 1 heterocycles. The summed E-state index contributed by atoms with van der Waals surface area (Å²) in [6.07, 6.45) is 7.61. The van der Waals surface area contributed by atoms with Crippen LogP contribution in [0.15, 0.2) is 30.5 Å². The molecule has 3 unspecified atom stereocenters. The van der Waals surface area contributed by atoms with Gasteiger partial charge in [0.05, 0.1) is 6.04 Å². The molecule has 0 aliphatic heterocycles. The molecule has 22 heavy (non-hydrogen) atoms. The number of benzene rings is 1. The average molecular weight is 297 g/mol. The highest BCUT2D eigenvalue weighted by atomic mass is 16.2. The van der Waals surface area contributed by atoms with Gasteiger partial charge in [-0.25, -0.2) is 0 Å². The van der Waals surface area contributed by atoms with Gasteiger partial charge >= 0.3 is 0 Å². The van der Waals surface area contributed by atoms with Crippen LogP contribution < -0.4 is 11.1 Å². The molecule has 4 atom stereocenters. The molecule has 2 aliphatic rings. The smallest absolute Gasteiger partial charge is 0.237 e. The van der Waals surface area contributed by atoms with Crippen molar-refractivity contribution >= 4 is 16.8 Å². The highest BCUT2D eigenvalue weighted by molar-refractivity contribution is 5.86. The van der Waals surface area contributed by atoms with E-state index in [9.17, 15) is 4.79 Å². The second kappa shape index (κ2) is 5.43. The zero-order valence-corrected chi connectivity index (χ0v) is 12.7. The summed E-state index contributed by atoms with van der Waals surface area (Å²) < 4.78 is 0. The van der Waals surface area contributed by atoms with Crippen LogP contribution >= 0.6 is 0 Å². The fourth-order valence-electron chi connectivity index (χ4n) is 4.34. The van der Waals surface area contributed by atoms with E-state index in [1.165, 1.54) is 19.3 Å². The Morgan fingerprint density at radius 2 is 2.18 bits per heavy atom. The quantitative estimate of drug-likeness (QED) is 0.810. The monoisotopic (exact) mass is 297 g/mol. The van der Waals surface area contributed by atoms with E-state index in [-0.39, 0.29) is 5.91 Å². The van der Waals surface area contributed by atoms with E-state index in [2.05, 4.69) is 16.4 Å². The number of carbonyl (C=O) groups excluding carboxylic acids is 1. The van der Waals surface area contributed by atoms with Crippen LogP contribution in [-0.4, -0.2) is 23.0 Å². The molecule has 1 amide bonds. The van der Waals surface area contributed by atoms with Crippen LogP contribution in [0, 0.1) is 11.8 Å². The first-order valence-electron chi connectivity index (χ1n) is 8.31. The molecule has 4 heteroatoms. The number of amides is 1. The number of fused-ring (bicyclic) bond motifs is 3. The van der Waals surface area contributed by atoms with Gasteiger partial charge in [0.25, 0.3) is 0 Å². The lowest BCUT2D eigenvalue weighted by Crippen LogP contribution is -2.48. The first kappa shape index (κ1) is 13.8. The summed E-state index contributed by atoms with van der Waals surface area (Å²) in [7, 11) is 0. The second-order valence-electron chi connectivity index (χ2n) is 6.96. The Morgan fingerprint density at radius 1 is 1.32 bits per heavy atom. The van der Waals surface area contributed by atoms with Crippen molar-refractivity contribution < 1.29 is 4.79 Å². The molecular formula is C18H23N3O. The van der Waals surface area contributed by atoms with Crippen molar-refractivity contribution in [2.75, 3.05) is 0 Å². The summed E-state index contributed by atoms with van der Waals surface area (Å²) in [6.45, 7) is 0. The summed E-state index contributed by atoms with van der Waals surface area (Å²) >= 11 is 0.